The highest BCUT2D eigenvalue weighted by atomic mass is 28.2. The summed E-state index contributed by atoms with van der Waals surface area (Å²) in [7, 11) is -0.207. The van der Waals surface area contributed by atoms with Gasteiger partial charge in [0.25, 0.3) is 0 Å². The zero-order chi connectivity index (χ0) is 9.36. The second-order valence-corrected chi connectivity index (χ2v) is 4.81. The zero-order valence-corrected chi connectivity index (χ0v) is 9.87. The Kier molecular flexibility index (Phi) is 6.44. The summed E-state index contributed by atoms with van der Waals surface area (Å²) >= 11 is 0. The first-order valence-corrected chi connectivity index (χ1v) is 6.78. The molecule has 1 aliphatic heterocycles. The van der Waals surface area contributed by atoms with Crippen molar-refractivity contribution in [3.05, 3.63) is 0 Å². The van der Waals surface area contributed by atoms with Crippen LogP contribution in [0.15, 0.2) is 0 Å². The van der Waals surface area contributed by atoms with Crippen LogP contribution in [0, 0.1) is 0 Å². The van der Waals surface area contributed by atoms with Crippen molar-refractivity contribution in [1.29, 1.82) is 0 Å². The van der Waals surface area contributed by atoms with Crippen LogP contribution in [-0.2, 0) is 13.9 Å². The van der Waals surface area contributed by atoms with E-state index in [4.69, 9.17) is 13.9 Å². The molecule has 0 bridgehead atoms. The Labute approximate surface area is 82.7 Å². The number of ether oxygens (including phenoxy) is 2. The fourth-order valence-corrected chi connectivity index (χ4v) is 2.16. The summed E-state index contributed by atoms with van der Waals surface area (Å²) in [6.45, 7) is 5.54. The molecule has 0 spiro atoms. The number of unbranched alkanes of at least 4 members (excludes halogenated alkanes) is 1. The van der Waals surface area contributed by atoms with E-state index in [-0.39, 0.29) is 9.76 Å². The molecule has 0 aromatic heterocycles. The predicted octanol–water partition coefficient (Wildman–Crippen LogP) is 0.721. The van der Waals surface area contributed by atoms with E-state index < -0.39 is 0 Å². The number of hydrogen-bond acceptors (Lipinski definition) is 3. The lowest BCUT2D eigenvalue weighted by Gasteiger charge is -2.02. The van der Waals surface area contributed by atoms with E-state index in [2.05, 4.69) is 6.92 Å². The average Bonchev–Trinajstić information content (AvgIpc) is 2.93. The van der Waals surface area contributed by atoms with Crippen molar-refractivity contribution in [3.63, 3.8) is 0 Å². The van der Waals surface area contributed by atoms with Crippen molar-refractivity contribution in [3.8, 4) is 0 Å². The summed E-state index contributed by atoms with van der Waals surface area (Å²) < 4.78 is 15.8. The van der Waals surface area contributed by atoms with Crippen LogP contribution in [0.25, 0.3) is 0 Å². The van der Waals surface area contributed by atoms with Gasteiger partial charge >= 0.3 is 0 Å². The molecule has 13 heavy (non-hydrogen) atoms. The van der Waals surface area contributed by atoms with Gasteiger partial charge in [0.2, 0.25) is 0 Å². The largest absolute Gasteiger partial charge is 0.424 e. The van der Waals surface area contributed by atoms with Crippen molar-refractivity contribution >= 4 is 9.76 Å². The van der Waals surface area contributed by atoms with Gasteiger partial charge in [-0.05, 0) is 19.4 Å². The normalized spacial score (nSPS) is 21.5. The van der Waals surface area contributed by atoms with Crippen LogP contribution in [-0.4, -0.2) is 42.3 Å². The fraction of sp³-hybridized carbons (Fsp3) is 1.00. The molecule has 0 N–H and O–H groups in total. The smallest absolute Gasteiger partial charge is 0.161 e. The maximum Gasteiger partial charge on any atom is 0.161 e. The van der Waals surface area contributed by atoms with E-state index in [9.17, 15) is 0 Å². The lowest BCUT2D eigenvalue weighted by molar-refractivity contribution is 0.114. The summed E-state index contributed by atoms with van der Waals surface area (Å²) in [5.74, 6) is 0. The number of rotatable bonds is 9. The van der Waals surface area contributed by atoms with Crippen LogP contribution in [0.1, 0.15) is 19.8 Å². The summed E-state index contributed by atoms with van der Waals surface area (Å²) in [6, 6.07) is 1.29. The van der Waals surface area contributed by atoms with Crippen LogP contribution < -0.4 is 0 Å². The van der Waals surface area contributed by atoms with Gasteiger partial charge < -0.3 is 13.9 Å². The van der Waals surface area contributed by atoms with E-state index in [1.54, 1.807) is 0 Å². The van der Waals surface area contributed by atoms with Gasteiger partial charge in [-0.1, -0.05) is 6.42 Å². The topological polar surface area (TPSA) is 31.0 Å². The van der Waals surface area contributed by atoms with Crippen LogP contribution in [0.5, 0.6) is 0 Å². The Balaban J connectivity index is 1.63. The maximum atomic E-state index is 5.41. The third-order valence-electron chi connectivity index (χ3n) is 1.99. The molecule has 1 heterocycles. The Morgan fingerprint density at radius 2 is 2.31 bits per heavy atom. The van der Waals surface area contributed by atoms with E-state index in [0.717, 1.165) is 26.4 Å². The summed E-state index contributed by atoms with van der Waals surface area (Å²) in [5, 5.41) is 0. The minimum absolute atomic E-state index is 0.207. The lowest BCUT2D eigenvalue weighted by Crippen LogP contribution is -2.03. The van der Waals surface area contributed by atoms with Crippen LogP contribution in [0.3, 0.4) is 0 Å². The van der Waals surface area contributed by atoms with Gasteiger partial charge in [0.1, 0.15) is 6.10 Å². The molecule has 1 aliphatic rings. The lowest BCUT2D eigenvalue weighted by atomic mass is 10.3. The molecule has 0 amide bonds. The molecule has 78 valence electrons. The monoisotopic (exact) mass is 204 g/mol. The molecule has 1 saturated heterocycles. The highest BCUT2D eigenvalue weighted by Crippen LogP contribution is 2.08. The molecule has 1 fully saturated rings. The third kappa shape index (κ3) is 7.19. The highest BCUT2D eigenvalue weighted by molar-refractivity contribution is 6.26. The van der Waals surface area contributed by atoms with Crippen LogP contribution in [0.4, 0.5) is 0 Å². The van der Waals surface area contributed by atoms with Crippen LogP contribution >= 0.6 is 0 Å². The second-order valence-electron chi connectivity index (χ2n) is 3.29. The van der Waals surface area contributed by atoms with E-state index in [1.807, 2.05) is 0 Å². The highest BCUT2D eigenvalue weighted by Gasteiger charge is 2.21. The Bertz CT molecular complexity index is 117. The molecule has 0 aliphatic carbocycles. The Hall–Kier alpha value is 0.0969. The molecule has 0 aromatic rings. The molecule has 3 nitrogen and oxygen atoms in total. The molecule has 1 unspecified atom stereocenters. The molecule has 0 radical (unpaired) electrons. The molecular formula is C9H20O3Si. The second kappa shape index (κ2) is 7.50. The first-order valence-electron chi connectivity index (χ1n) is 5.20. The Morgan fingerprint density at radius 1 is 1.46 bits per heavy atom. The summed E-state index contributed by atoms with van der Waals surface area (Å²) in [4.78, 5) is 0. The van der Waals surface area contributed by atoms with Crippen molar-refractivity contribution < 1.29 is 13.9 Å². The predicted molar refractivity (Wildman–Crippen MR) is 54.8 cm³/mol. The SMILES string of the molecule is CCO[SiH2]CCCCOCC1CO1. The van der Waals surface area contributed by atoms with Gasteiger partial charge in [0, 0.05) is 13.2 Å². The summed E-state index contributed by atoms with van der Waals surface area (Å²) in [6.07, 6.45) is 2.85. The van der Waals surface area contributed by atoms with Crippen molar-refractivity contribution in [2.45, 2.75) is 31.9 Å². The van der Waals surface area contributed by atoms with Gasteiger partial charge in [-0.3, -0.25) is 0 Å². The van der Waals surface area contributed by atoms with E-state index >= 15 is 0 Å². The van der Waals surface area contributed by atoms with Gasteiger partial charge in [-0.15, -0.1) is 0 Å². The molecular weight excluding hydrogens is 184 g/mol. The van der Waals surface area contributed by atoms with Crippen LogP contribution in [0.2, 0.25) is 6.04 Å². The first-order chi connectivity index (χ1) is 6.43. The van der Waals surface area contributed by atoms with Crippen molar-refractivity contribution in [2.75, 3.05) is 26.4 Å². The average molecular weight is 204 g/mol. The summed E-state index contributed by atoms with van der Waals surface area (Å²) in [5.41, 5.74) is 0. The van der Waals surface area contributed by atoms with Gasteiger partial charge in [0.05, 0.1) is 13.2 Å². The van der Waals surface area contributed by atoms with E-state index in [0.29, 0.717) is 6.10 Å². The van der Waals surface area contributed by atoms with Gasteiger partial charge in [-0.25, -0.2) is 0 Å². The third-order valence-corrected chi connectivity index (χ3v) is 3.47. The maximum absolute atomic E-state index is 5.41. The minimum atomic E-state index is -0.207. The van der Waals surface area contributed by atoms with Gasteiger partial charge in [-0.2, -0.15) is 0 Å². The standard InChI is InChI=1S/C9H20O3Si/c1-2-12-13-6-4-3-5-10-7-9-8-11-9/h9H,2-8,13H2,1H3. The molecule has 0 aromatic carbocycles. The van der Waals surface area contributed by atoms with Crippen molar-refractivity contribution in [1.82, 2.24) is 0 Å². The van der Waals surface area contributed by atoms with Gasteiger partial charge in [0.15, 0.2) is 9.76 Å². The fourth-order valence-electron chi connectivity index (χ4n) is 1.11. The number of epoxide rings is 1. The number of hydrogen-bond donors (Lipinski definition) is 0. The molecule has 4 heteroatoms. The zero-order valence-electron chi connectivity index (χ0n) is 8.46. The molecule has 0 saturated carbocycles. The molecule has 1 atom stereocenters. The van der Waals surface area contributed by atoms with Crippen molar-refractivity contribution in [2.24, 2.45) is 0 Å². The van der Waals surface area contributed by atoms with E-state index in [1.165, 1.54) is 18.9 Å². The minimum Gasteiger partial charge on any atom is -0.424 e. The Morgan fingerprint density at radius 3 is 3.00 bits per heavy atom. The quantitative estimate of drug-likeness (QED) is 0.315. The first kappa shape index (κ1) is 11.2. The molecule has 1 rings (SSSR count).